The minimum atomic E-state index is 0.00158. The standard InChI is InChI=1S/C10H16N2O/c1-3-4-5-8-12-10(13)7-6-9(2)11-12/h6-7H,3-5,8H2,1-2H3. The zero-order chi connectivity index (χ0) is 9.68. The fourth-order valence-corrected chi connectivity index (χ4v) is 1.22. The van der Waals surface area contributed by atoms with Crippen LogP contribution in [0.25, 0.3) is 0 Å². The number of hydrogen-bond donors (Lipinski definition) is 0. The predicted octanol–water partition coefficient (Wildman–Crippen LogP) is 1.74. The lowest BCUT2D eigenvalue weighted by Crippen LogP contribution is -2.22. The molecule has 0 saturated heterocycles. The van der Waals surface area contributed by atoms with Gasteiger partial charge in [0.2, 0.25) is 0 Å². The van der Waals surface area contributed by atoms with Gasteiger partial charge in [0.25, 0.3) is 5.56 Å². The zero-order valence-electron chi connectivity index (χ0n) is 8.29. The van der Waals surface area contributed by atoms with Crippen LogP contribution in [0.5, 0.6) is 0 Å². The van der Waals surface area contributed by atoms with Crippen LogP contribution in [-0.4, -0.2) is 9.78 Å². The van der Waals surface area contributed by atoms with E-state index < -0.39 is 0 Å². The Morgan fingerprint density at radius 2 is 2.15 bits per heavy atom. The molecule has 0 radical (unpaired) electrons. The molecule has 1 aromatic heterocycles. The van der Waals surface area contributed by atoms with Crippen LogP contribution >= 0.6 is 0 Å². The molecule has 3 heteroatoms. The summed E-state index contributed by atoms with van der Waals surface area (Å²) >= 11 is 0. The van der Waals surface area contributed by atoms with Crippen molar-refractivity contribution in [1.82, 2.24) is 9.78 Å². The minimum Gasteiger partial charge on any atom is -0.268 e. The van der Waals surface area contributed by atoms with Crippen molar-refractivity contribution in [2.75, 3.05) is 0 Å². The van der Waals surface area contributed by atoms with Gasteiger partial charge in [0.05, 0.1) is 5.69 Å². The number of unbranched alkanes of at least 4 members (excludes halogenated alkanes) is 2. The van der Waals surface area contributed by atoms with Gasteiger partial charge in [-0.2, -0.15) is 5.10 Å². The monoisotopic (exact) mass is 180 g/mol. The SMILES string of the molecule is CCCCCn1nc(C)ccc1=O. The number of hydrogen-bond acceptors (Lipinski definition) is 2. The third kappa shape index (κ3) is 3.01. The second kappa shape index (κ2) is 4.80. The van der Waals surface area contributed by atoms with Gasteiger partial charge in [0.15, 0.2) is 0 Å². The van der Waals surface area contributed by atoms with E-state index in [0.29, 0.717) is 0 Å². The van der Waals surface area contributed by atoms with E-state index in [4.69, 9.17) is 0 Å². The number of rotatable bonds is 4. The number of aryl methyl sites for hydroxylation is 2. The van der Waals surface area contributed by atoms with Gasteiger partial charge in [-0.1, -0.05) is 19.8 Å². The fraction of sp³-hybridized carbons (Fsp3) is 0.600. The molecule has 0 amide bonds. The first-order valence-corrected chi connectivity index (χ1v) is 4.79. The first-order chi connectivity index (χ1) is 6.24. The van der Waals surface area contributed by atoms with Crippen molar-refractivity contribution in [1.29, 1.82) is 0 Å². The highest BCUT2D eigenvalue weighted by Gasteiger charge is 1.96. The zero-order valence-corrected chi connectivity index (χ0v) is 8.29. The van der Waals surface area contributed by atoms with E-state index in [-0.39, 0.29) is 5.56 Å². The third-order valence-electron chi connectivity index (χ3n) is 1.97. The molecular weight excluding hydrogens is 164 g/mol. The van der Waals surface area contributed by atoms with Crippen LogP contribution < -0.4 is 5.56 Å². The Kier molecular flexibility index (Phi) is 3.68. The lowest BCUT2D eigenvalue weighted by Gasteiger charge is -2.03. The first kappa shape index (κ1) is 9.96. The quantitative estimate of drug-likeness (QED) is 0.661. The maximum Gasteiger partial charge on any atom is 0.266 e. The molecule has 0 unspecified atom stereocenters. The highest BCUT2D eigenvalue weighted by atomic mass is 16.1. The molecule has 0 fully saturated rings. The summed E-state index contributed by atoms with van der Waals surface area (Å²) in [4.78, 5) is 11.3. The average Bonchev–Trinajstić information content (AvgIpc) is 2.11. The molecule has 0 spiro atoms. The molecule has 0 aromatic carbocycles. The lowest BCUT2D eigenvalue weighted by molar-refractivity contribution is 0.523. The molecule has 0 bridgehead atoms. The molecule has 72 valence electrons. The van der Waals surface area contributed by atoms with Gasteiger partial charge < -0.3 is 0 Å². The van der Waals surface area contributed by atoms with Gasteiger partial charge >= 0.3 is 0 Å². The summed E-state index contributed by atoms with van der Waals surface area (Å²) in [6.45, 7) is 4.79. The van der Waals surface area contributed by atoms with Crippen LogP contribution in [0.15, 0.2) is 16.9 Å². The summed E-state index contributed by atoms with van der Waals surface area (Å²) < 4.78 is 1.55. The lowest BCUT2D eigenvalue weighted by atomic mass is 10.2. The van der Waals surface area contributed by atoms with Crippen LogP contribution in [-0.2, 0) is 6.54 Å². The minimum absolute atomic E-state index is 0.00158. The maximum atomic E-state index is 11.3. The van der Waals surface area contributed by atoms with Gasteiger partial charge in [-0.25, -0.2) is 4.68 Å². The topological polar surface area (TPSA) is 34.9 Å². The van der Waals surface area contributed by atoms with E-state index in [1.54, 1.807) is 16.8 Å². The third-order valence-corrected chi connectivity index (χ3v) is 1.97. The van der Waals surface area contributed by atoms with Gasteiger partial charge in [-0.3, -0.25) is 4.79 Å². The van der Waals surface area contributed by atoms with E-state index >= 15 is 0 Å². The van der Waals surface area contributed by atoms with E-state index in [2.05, 4.69) is 12.0 Å². The maximum absolute atomic E-state index is 11.3. The molecule has 0 aliphatic rings. The molecule has 1 aromatic rings. The van der Waals surface area contributed by atoms with Crippen molar-refractivity contribution < 1.29 is 0 Å². The second-order valence-electron chi connectivity index (χ2n) is 3.24. The molecule has 0 aliphatic heterocycles. The Morgan fingerprint density at radius 1 is 1.38 bits per heavy atom. The molecule has 0 saturated carbocycles. The summed E-state index contributed by atoms with van der Waals surface area (Å²) in [7, 11) is 0. The Hall–Kier alpha value is -1.12. The van der Waals surface area contributed by atoms with Crippen LogP contribution in [0.1, 0.15) is 31.9 Å². The number of aromatic nitrogens is 2. The summed E-state index contributed by atoms with van der Waals surface area (Å²) in [5, 5.41) is 4.15. The van der Waals surface area contributed by atoms with Crippen molar-refractivity contribution in [3.63, 3.8) is 0 Å². The van der Waals surface area contributed by atoms with Crippen LogP contribution in [0.4, 0.5) is 0 Å². The van der Waals surface area contributed by atoms with Crippen LogP contribution in [0.3, 0.4) is 0 Å². The molecule has 3 nitrogen and oxygen atoms in total. The largest absolute Gasteiger partial charge is 0.268 e. The normalized spacial score (nSPS) is 10.3. The van der Waals surface area contributed by atoms with Crippen molar-refractivity contribution in [3.05, 3.63) is 28.2 Å². The first-order valence-electron chi connectivity index (χ1n) is 4.79. The average molecular weight is 180 g/mol. The van der Waals surface area contributed by atoms with E-state index in [9.17, 15) is 4.79 Å². The molecule has 1 rings (SSSR count). The van der Waals surface area contributed by atoms with Crippen LogP contribution in [0.2, 0.25) is 0 Å². The molecule has 13 heavy (non-hydrogen) atoms. The summed E-state index contributed by atoms with van der Waals surface area (Å²) in [6.07, 6.45) is 3.36. The summed E-state index contributed by atoms with van der Waals surface area (Å²) in [5.41, 5.74) is 0.901. The van der Waals surface area contributed by atoms with Crippen LogP contribution in [0, 0.1) is 6.92 Å². The van der Waals surface area contributed by atoms with Crippen molar-refractivity contribution in [2.45, 2.75) is 39.7 Å². The molecular formula is C10H16N2O. The van der Waals surface area contributed by atoms with E-state index in [0.717, 1.165) is 25.1 Å². The van der Waals surface area contributed by atoms with Crippen molar-refractivity contribution in [2.24, 2.45) is 0 Å². The Morgan fingerprint density at radius 3 is 2.85 bits per heavy atom. The summed E-state index contributed by atoms with van der Waals surface area (Å²) in [5.74, 6) is 0. The second-order valence-corrected chi connectivity index (χ2v) is 3.24. The van der Waals surface area contributed by atoms with E-state index in [1.807, 2.05) is 6.92 Å². The molecule has 0 atom stereocenters. The molecule has 1 heterocycles. The van der Waals surface area contributed by atoms with Crippen molar-refractivity contribution in [3.8, 4) is 0 Å². The Balaban J connectivity index is 2.65. The van der Waals surface area contributed by atoms with Gasteiger partial charge in [0.1, 0.15) is 0 Å². The summed E-state index contributed by atoms with van der Waals surface area (Å²) in [6, 6.07) is 3.33. The highest BCUT2D eigenvalue weighted by molar-refractivity contribution is 4.96. The predicted molar refractivity (Wildman–Crippen MR) is 52.8 cm³/mol. The molecule has 0 aliphatic carbocycles. The van der Waals surface area contributed by atoms with Gasteiger partial charge in [-0.15, -0.1) is 0 Å². The van der Waals surface area contributed by atoms with E-state index in [1.165, 1.54) is 6.42 Å². The Bertz CT molecular complexity index is 317. The van der Waals surface area contributed by atoms with Gasteiger partial charge in [0, 0.05) is 12.6 Å². The fourth-order valence-electron chi connectivity index (χ4n) is 1.22. The highest BCUT2D eigenvalue weighted by Crippen LogP contribution is 1.95. The van der Waals surface area contributed by atoms with Gasteiger partial charge in [-0.05, 0) is 19.4 Å². The smallest absolute Gasteiger partial charge is 0.266 e. The number of nitrogens with zero attached hydrogens (tertiary/aromatic N) is 2. The van der Waals surface area contributed by atoms with Crippen molar-refractivity contribution >= 4 is 0 Å². The Labute approximate surface area is 78.4 Å². The molecule has 0 N–H and O–H groups in total.